The number of pyridine rings is 1. The average molecular weight is 489 g/mol. The van der Waals surface area contributed by atoms with E-state index in [1.165, 1.54) is 42.5 Å². The first-order chi connectivity index (χ1) is 17.1. The van der Waals surface area contributed by atoms with Crippen LogP contribution in [0.4, 0.5) is 13.2 Å². The summed E-state index contributed by atoms with van der Waals surface area (Å²) in [6.07, 6.45) is -4.75. The van der Waals surface area contributed by atoms with Gasteiger partial charge in [0.05, 0.1) is 17.7 Å². The van der Waals surface area contributed by atoms with Crippen LogP contribution in [-0.2, 0) is 17.4 Å². The largest absolute Gasteiger partial charge is 0.481 e. The van der Waals surface area contributed by atoms with Crippen LogP contribution in [0.2, 0.25) is 0 Å². The Balaban J connectivity index is 1.67. The van der Waals surface area contributed by atoms with Gasteiger partial charge in [0.1, 0.15) is 11.2 Å². The first kappa shape index (κ1) is 21.8. The lowest BCUT2D eigenvalue weighted by Gasteiger charge is -2.15. The number of fused-ring (bicyclic) bond motifs is 2. The van der Waals surface area contributed by atoms with Crippen LogP contribution in [-0.4, -0.2) is 15.6 Å². The Kier molecular flexibility index (Phi) is 4.50. The molecule has 1 N–H and O–H groups in total. The van der Waals surface area contributed by atoms with Gasteiger partial charge in [0.2, 0.25) is 0 Å². The minimum absolute atomic E-state index is 0.201. The molecule has 36 heavy (non-hydrogen) atoms. The third-order valence-electron chi connectivity index (χ3n) is 6.36. The lowest BCUT2D eigenvalue weighted by atomic mass is 9.96. The van der Waals surface area contributed by atoms with Crippen LogP contribution in [0.5, 0.6) is 0 Å². The molecule has 6 aromatic rings. The quantitative estimate of drug-likeness (QED) is 0.262. The normalized spacial score (nSPS) is 12.3. The Labute approximate surface area is 198 Å². The van der Waals surface area contributed by atoms with Crippen LogP contribution in [0.15, 0.2) is 80.7 Å². The zero-order valence-corrected chi connectivity index (χ0v) is 18.2. The van der Waals surface area contributed by atoms with Crippen LogP contribution < -0.4 is 11.1 Å². The molecule has 0 spiro atoms. The zero-order valence-electron chi connectivity index (χ0n) is 18.2. The molecule has 0 saturated heterocycles. The van der Waals surface area contributed by atoms with E-state index in [1.54, 1.807) is 12.1 Å². The van der Waals surface area contributed by atoms with Crippen LogP contribution >= 0.6 is 0 Å². The number of aliphatic carboxylic acids is 1. The number of carboxylic acids is 1. The molecule has 178 valence electrons. The fraction of sp³-hybridized carbons (Fsp3) is 0.0741. The summed E-state index contributed by atoms with van der Waals surface area (Å²) in [4.78, 5) is 37.9. The molecule has 0 aliphatic heterocycles. The molecule has 4 aromatic carbocycles. The topological polar surface area (TPSA) is 89.5 Å². The summed E-state index contributed by atoms with van der Waals surface area (Å²) >= 11 is 0. The van der Waals surface area contributed by atoms with Gasteiger partial charge in [0.15, 0.2) is 0 Å². The maximum Gasteiger partial charge on any atom is 0.416 e. The van der Waals surface area contributed by atoms with E-state index in [9.17, 15) is 27.6 Å². The maximum atomic E-state index is 13.5. The maximum absolute atomic E-state index is 13.5. The van der Waals surface area contributed by atoms with Gasteiger partial charge >= 0.3 is 12.1 Å². The fourth-order valence-electron chi connectivity index (χ4n) is 4.76. The second kappa shape index (κ2) is 7.42. The van der Waals surface area contributed by atoms with Gasteiger partial charge in [-0.3, -0.25) is 14.4 Å². The van der Waals surface area contributed by atoms with E-state index in [-0.39, 0.29) is 33.8 Å². The molecule has 0 fully saturated rings. The highest BCUT2D eigenvalue weighted by Crippen LogP contribution is 2.39. The second-order valence-corrected chi connectivity index (χ2v) is 8.52. The van der Waals surface area contributed by atoms with Crippen molar-refractivity contribution in [3.8, 4) is 5.69 Å². The first-order valence-electron chi connectivity index (χ1n) is 10.8. The van der Waals surface area contributed by atoms with Crippen molar-refractivity contribution in [1.29, 1.82) is 0 Å². The van der Waals surface area contributed by atoms with E-state index in [1.807, 2.05) is 0 Å². The molecule has 0 unspecified atom stereocenters. The minimum Gasteiger partial charge on any atom is -0.481 e. The molecule has 2 heterocycles. The van der Waals surface area contributed by atoms with Gasteiger partial charge in [-0.05, 0) is 59.5 Å². The molecule has 0 atom stereocenters. The number of rotatable bonds is 3. The average Bonchev–Trinajstić information content (AvgIpc) is 2.83. The van der Waals surface area contributed by atoms with E-state index in [0.717, 1.165) is 16.7 Å². The Morgan fingerprint density at radius 3 is 2.03 bits per heavy atom. The number of carbonyl (C=O) groups is 1. The highest BCUT2D eigenvalue weighted by atomic mass is 19.4. The minimum atomic E-state index is -4.55. The van der Waals surface area contributed by atoms with Crippen LogP contribution in [0.1, 0.15) is 11.1 Å². The number of hydrogen-bond acceptors (Lipinski definition) is 4. The Morgan fingerprint density at radius 1 is 0.778 bits per heavy atom. The molecule has 0 radical (unpaired) electrons. The van der Waals surface area contributed by atoms with Gasteiger partial charge in [0.25, 0.3) is 11.1 Å². The molecular formula is C27H14F3NO5. The summed E-state index contributed by atoms with van der Waals surface area (Å²) in [5.41, 5.74) is -0.668. The third-order valence-corrected chi connectivity index (χ3v) is 6.36. The van der Waals surface area contributed by atoms with E-state index >= 15 is 0 Å². The van der Waals surface area contributed by atoms with Crippen molar-refractivity contribution in [3.05, 3.63) is 98.6 Å². The van der Waals surface area contributed by atoms with Gasteiger partial charge in [-0.25, -0.2) is 4.57 Å². The Morgan fingerprint density at radius 2 is 1.39 bits per heavy atom. The van der Waals surface area contributed by atoms with Gasteiger partial charge < -0.3 is 9.52 Å². The number of carboxylic acid groups (broad SMARTS) is 1. The highest BCUT2D eigenvalue weighted by molar-refractivity contribution is 6.26. The number of alkyl halides is 3. The zero-order chi connectivity index (χ0) is 25.4. The molecule has 0 aliphatic carbocycles. The SMILES string of the molecule is O=C(O)Cc1ccc(-n2c(=O)c3ccc4oc5ccc(C(F)(F)F)cc5c5ccc(c2=O)c3c45)cc1. The summed E-state index contributed by atoms with van der Waals surface area (Å²) < 4.78 is 47.0. The highest BCUT2D eigenvalue weighted by Gasteiger charge is 2.31. The first-order valence-corrected chi connectivity index (χ1v) is 10.8. The molecular weight excluding hydrogens is 475 g/mol. The summed E-state index contributed by atoms with van der Waals surface area (Å²) in [5.74, 6) is -1.01. The molecule has 0 bridgehead atoms. The van der Waals surface area contributed by atoms with Crippen LogP contribution in [0.25, 0.3) is 49.2 Å². The van der Waals surface area contributed by atoms with Gasteiger partial charge in [0, 0.05) is 26.9 Å². The Bertz CT molecular complexity index is 1940. The van der Waals surface area contributed by atoms with Crippen molar-refractivity contribution in [2.24, 2.45) is 0 Å². The number of hydrogen-bond donors (Lipinski definition) is 1. The third kappa shape index (κ3) is 3.16. The monoisotopic (exact) mass is 489 g/mol. The van der Waals surface area contributed by atoms with Crippen molar-refractivity contribution >= 4 is 49.5 Å². The van der Waals surface area contributed by atoms with E-state index < -0.39 is 28.8 Å². The van der Waals surface area contributed by atoms with Gasteiger partial charge in [-0.2, -0.15) is 13.2 Å². The van der Waals surface area contributed by atoms with Crippen molar-refractivity contribution in [2.45, 2.75) is 12.6 Å². The smallest absolute Gasteiger partial charge is 0.416 e. The number of benzene rings is 4. The van der Waals surface area contributed by atoms with Crippen molar-refractivity contribution in [2.75, 3.05) is 0 Å². The van der Waals surface area contributed by atoms with Crippen molar-refractivity contribution < 1.29 is 27.5 Å². The Hall–Kier alpha value is -4.66. The standard InChI is InChI=1S/C27H14F3NO5/c28-27(29,30)14-3-9-20-19(12-14)16-6-7-17-23-18(8-10-21(36-20)24(16)23)26(35)31(25(17)34)15-4-1-13(2-5-15)11-22(32)33/h1-10,12H,11H2,(H,32,33). The molecule has 9 heteroatoms. The number of nitrogens with zero attached hydrogens (tertiary/aromatic N) is 1. The molecule has 0 amide bonds. The predicted octanol–water partition coefficient (Wildman–Crippen LogP) is 5.49. The summed E-state index contributed by atoms with van der Waals surface area (Å²) in [6.45, 7) is 0. The molecule has 2 aromatic heterocycles. The van der Waals surface area contributed by atoms with Crippen molar-refractivity contribution in [1.82, 2.24) is 4.57 Å². The van der Waals surface area contributed by atoms with Crippen LogP contribution in [0, 0.1) is 0 Å². The van der Waals surface area contributed by atoms with Crippen molar-refractivity contribution in [3.63, 3.8) is 0 Å². The summed E-state index contributed by atoms with van der Waals surface area (Å²) in [5, 5.41) is 10.8. The van der Waals surface area contributed by atoms with Gasteiger partial charge in [-0.15, -0.1) is 0 Å². The summed E-state index contributed by atoms with van der Waals surface area (Å²) in [7, 11) is 0. The number of aromatic nitrogens is 1. The van der Waals surface area contributed by atoms with E-state index in [4.69, 9.17) is 9.52 Å². The van der Waals surface area contributed by atoms with E-state index in [0.29, 0.717) is 27.3 Å². The lowest BCUT2D eigenvalue weighted by Crippen LogP contribution is -2.31. The van der Waals surface area contributed by atoms with Crippen LogP contribution in [0.3, 0.4) is 0 Å². The fourth-order valence-corrected chi connectivity index (χ4v) is 4.76. The lowest BCUT2D eigenvalue weighted by molar-refractivity contribution is -0.138. The van der Waals surface area contributed by atoms with Gasteiger partial charge in [-0.1, -0.05) is 18.2 Å². The number of halogens is 3. The van der Waals surface area contributed by atoms with E-state index in [2.05, 4.69) is 0 Å². The molecule has 6 nitrogen and oxygen atoms in total. The summed E-state index contributed by atoms with van der Waals surface area (Å²) in [6, 6.07) is 15.4. The molecule has 0 saturated carbocycles. The molecule has 6 rings (SSSR count). The molecule has 0 aliphatic rings. The predicted molar refractivity (Wildman–Crippen MR) is 128 cm³/mol. The second-order valence-electron chi connectivity index (χ2n) is 8.52.